The lowest BCUT2D eigenvalue weighted by Gasteiger charge is -2.33. The van der Waals surface area contributed by atoms with Crippen molar-refractivity contribution >= 4 is 5.82 Å². The molecule has 0 bridgehead atoms. The summed E-state index contributed by atoms with van der Waals surface area (Å²) in [6, 6.07) is 0. The highest BCUT2D eigenvalue weighted by molar-refractivity contribution is 5.38. The molecule has 1 atom stereocenters. The third-order valence-electron chi connectivity index (χ3n) is 3.31. The minimum atomic E-state index is 0.607. The number of piperidine rings is 1. The number of hydrogen-bond donors (Lipinski definition) is 1. The van der Waals surface area contributed by atoms with E-state index in [1.807, 2.05) is 13.1 Å². The molecule has 0 spiro atoms. The van der Waals surface area contributed by atoms with Gasteiger partial charge in [0.05, 0.1) is 19.0 Å². The molecule has 1 aliphatic heterocycles. The molecule has 0 saturated carbocycles. The summed E-state index contributed by atoms with van der Waals surface area (Å²) >= 11 is 0. The first-order valence-corrected chi connectivity index (χ1v) is 6.73. The number of nitrogens with two attached hydrogens (primary N) is 1. The summed E-state index contributed by atoms with van der Waals surface area (Å²) in [7, 11) is 0. The fraction of sp³-hybridized carbons (Fsp3) is 0.692. The zero-order chi connectivity index (χ0) is 12.8. The van der Waals surface area contributed by atoms with E-state index in [4.69, 9.17) is 10.5 Å². The SMILES string of the molecule is CCOc1cncc(N2CCCC(CCN)C2)n1. The van der Waals surface area contributed by atoms with Crippen LogP contribution in [0.1, 0.15) is 26.2 Å². The van der Waals surface area contributed by atoms with E-state index in [9.17, 15) is 0 Å². The van der Waals surface area contributed by atoms with Crippen LogP contribution in [0, 0.1) is 5.92 Å². The van der Waals surface area contributed by atoms with Gasteiger partial charge in [-0.05, 0) is 38.6 Å². The second-order valence-electron chi connectivity index (χ2n) is 4.68. The van der Waals surface area contributed by atoms with Gasteiger partial charge in [0.15, 0.2) is 5.82 Å². The molecule has 1 aromatic rings. The molecule has 1 unspecified atom stereocenters. The van der Waals surface area contributed by atoms with E-state index in [1.165, 1.54) is 12.8 Å². The molecular formula is C13H22N4O. The van der Waals surface area contributed by atoms with Crippen LogP contribution in [0.2, 0.25) is 0 Å². The molecule has 1 aliphatic rings. The average molecular weight is 250 g/mol. The predicted octanol–water partition coefficient (Wildman–Crippen LogP) is 1.44. The van der Waals surface area contributed by atoms with Crippen LogP contribution in [0.15, 0.2) is 12.4 Å². The highest BCUT2D eigenvalue weighted by atomic mass is 16.5. The molecule has 0 amide bonds. The molecule has 100 valence electrons. The van der Waals surface area contributed by atoms with Gasteiger partial charge in [-0.15, -0.1) is 0 Å². The van der Waals surface area contributed by atoms with E-state index in [0.717, 1.165) is 31.9 Å². The zero-order valence-electron chi connectivity index (χ0n) is 11.0. The molecule has 1 fully saturated rings. The summed E-state index contributed by atoms with van der Waals surface area (Å²) in [5.74, 6) is 2.21. The Hall–Kier alpha value is -1.36. The van der Waals surface area contributed by atoms with Crippen molar-refractivity contribution in [3.63, 3.8) is 0 Å². The fourth-order valence-electron chi connectivity index (χ4n) is 2.45. The number of anilines is 1. The molecule has 2 rings (SSSR count). The molecule has 2 heterocycles. The van der Waals surface area contributed by atoms with E-state index in [1.54, 1.807) is 6.20 Å². The second-order valence-corrected chi connectivity index (χ2v) is 4.68. The van der Waals surface area contributed by atoms with Gasteiger partial charge >= 0.3 is 0 Å². The molecule has 5 nitrogen and oxygen atoms in total. The van der Waals surface area contributed by atoms with Crippen molar-refractivity contribution < 1.29 is 4.74 Å². The second kappa shape index (κ2) is 6.54. The third kappa shape index (κ3) is 3.32. The summed E-state index contributed by atoms with van der Waals surface area (Å²) in [4.78, 5) is 11.0. The van der Waals surface area contributed by atoms with Crippen molar-refractivity contribution in [2.75, 3.05) is 31.1 Å². The Morgan fingerprint density at radius 3 is 3.17 bits per heavy atom. The van der Waals surface area contributed by atoms with Gasteiger partial charge < -0.3 is 15.4 Å². The van der Waals surface area contributed by atoms with Gasteiger partial charge in [0.1, 0.15) is 0 Å². The lowest BCUT2D eigenvalue weighted by Crippen LogP contribution is -2.36. The van der Waals surface area contributed by atoms with Gasteiger partial charge in [-0.2, -0.15) is 4.98 Å². The van der Waals surface area contributed by atoms with E-state index in [0.29, 0.717) is 18.4 Å². The summed E-state index contributed by atoms with van der Waals surface area (Å²) in [5, 5.41) is 0. The van der Waals surface area contributed by atoms with Gasteiger partial charge in [-0.3, -0.25) is 4.98 Å². The van der Waals surface area contributed by atoms with Crippen molar-refractivity contribution in [2.45, 2.75) is 26.2 Å². The summed E-state index contributed by atoms with van der Waals surface area (Å²) in [6.07, 6.45) is 7.04. The first-order valence-electron chi connectivity index (χ1n) is 6.73. The number of rotatable bonds is 5. The zero-order valence-corrected chi connectivity index (χ0v) is 11.0. The van der Waals surface area contributed by atoms with Crippen molar-refractivity contribution in [3.05, 3.63) is 12.4 Å². The molecule has 18 heavy (non-hydrogen) atoms. The van der Waals surface area contributed by atoms with E-state index < -0.39 is 0 Å². The van der Waals surface area contributed by atoms with Gasteiger partial charge in [-0.25, -0.2) is 0 Å². The van der Waals surface area contributed by atoms with Gasteiger partial charge in [-0.1, -0.05) is 0 Å². The van der Waals surface area contributed by atoms with E-state index >= 15 is 0 Å². The third-order valence-corrected chi connectivity index (χ3v) is 3.31. The molecular weight excluding hydrogens is 228 g/mol. The normalized spacial score (nSPS) is 19.9. The van der Waals surface area contributed by atoms with Crippen LogP contribution in [-0.2, 0) is 0 Å². The minimum absolute atomic E-state index is 0.607. The van der Waals surface area contributed by atoms with Crippen molar-refractivity contribution in [1.29, 1.82) is 0 Å². The van der Waals surface area contributed by atoms with Crippen molar-refractivity contribution in [3.8, 4) is 5.88 Å². The Labute approximate surface area is 108 Å². The Kier molecular flexibility index (Phi) is 4.75. The first-order chi connectivity index (χ1) is 8.83. The Balaban J connectivity index is 2.03. The van der Waals surface area contributed by atoms with Crippen LogP contribution in [0.4, 0.5) is 5.82 Å². The number of hydrogen-bond acceptors (Lipinski definition) is 5. The minimum Gasteiger partial charge on any atom is -0.477 e. The quantitative estimate of drug-likeness (QED) is 0.856. The maximum atomic E-state index is 5.64. The maximum Gasteiger partial charge on any atom is 0.234 e. The van der Waals surface area contributed by atoms with E-state index in [2.05, 4.69) is 14.9 Å². The van der Waals surface area contributed by atoms with Crippen LogP contribution >= 0.6 is 0 Å². The largest absolute Gasteiger partial charge is 0.477 e. The van der Waals surface area contributed by atoms with E-state index in [-0.39, 0.29) is 0 Å². The fourth-order valence-corrected chi connectivity index (χ4v) is 2.45. The summed E-state index contributed by atoms with van der Waals surface area (Å²) in [6.45, 7) is 5.41. The lowest BCUT2D eigenvalue weighted by molar-refractivity contribution is 0.324. The topological polar surface area (TPSA) is 64.3 Å². The number of ether oxygens (including phenoxy) is 1. The first kappa shape index (κ1) is 13.1. The van der Waals surface area contributed by atoms with Crippen molar-refractivity contribution in [1.82, 2.24) is 9.97 Å². The predicted molar refractivity (Wildman–Crippen MR) is 71.8 cm³/mol. The van der Waals surface area contributed by atoms with Crippen LogP contribution in [0.3, 0.4) is 0 Å². The highest BCUT2D eigenvalue weighted by Crippen LogP contribution is 2.23. The Bertz CT molecular complexity index is 370. The molecule has 0 aliphatic carbocycles. The van der Waals surface area contributed by atoms with Gasteiger partial charge in [0.25, 0.3) is 0 Å². The standard InChI is InChI=1S/C13H22N4O/c1-2-18-13-9-15-8-12(16-13)17-7-3-4-11(10-17)5-6-14/h8-9,11H,2-7,10,14H2,1H3. The molecule has 2 N–H and O–H groups in total. The molecule has 0 aromatic carbocycles. The van der Waals surface area contributed by atoms with Crippen molar-refractivity contribution in [2.24, 2.45) is 11.7 Å². The molecule has 1 saturated heterocycles. The molecule has 0 radical (unpaired) electrons. The number of aromatic nitrogens is 2. The lowest BCUT2D eigenvalue weighted by atomic mass is 9.95. The van der Waals surface area contributed by atoms with Crippen LogP contribution in [0.5, 0.6) is 5.88 Å². The molecule has 5 heteroatoms. The number of nitrogens with zero attached hydrogens (tertiary/aromatic N) is 3. The van der Waals surface area contributed by atoms with Crippen LogP contribution < -0.4 is 15.4 Å². The monoisotopic (exact) mass is 250 g/mol. The van der Waals surface area contributed by atoms with Crippen LogP contribution in [0.25, 0.3) is 0 Å². The Morgan fingerprint density at radius 2 is 2.39 bits per heavy atom. The Morgan fingerprint density at radius 1 is 1.50 bits per heavy atom. The average Bonchev–Trinajstić information content (AvgIpc) is 2.40. The van der Waals surface area contributed by atoms with Gasteiger partial charge in [0, 0.05) is 13.1 Å². The van der Waals surface area contributed by atoms with Gasteiger partial charge in [0.2, 0.25) is 5.88 Å². The maximum absolute atomic E-state index is 5.64. The highest BCUT2D eigenvalue weighted by Gasteiger charge is 2.20. The smallest absolute Gasteiger partial charge is 0.234 e. The molecule has 1 aromatic heterocycles. The van der Waals surface area contributed by atoms with Crippen LogP contribution in [-0.4, -0.2) is 36.2 Å². The summed E-state index contributed by atoms with van der Waals surface area (Å²) < 4.78 is 5.39. The summed E-state index contributed by atoms with van der Waals surface area (Å²) in [5.41, 5.74) is 5.64.